The summed E-state index contributed by atoms with van der Waals surface area (Å²) in [5.41, 5.74) is 5.39. The van der Waals surface area contributed by atoms with Crippen LogP contribution in [0.3, 0.4) is 0 Å². The molecule has 4 rings (SSSR count). The molecule has 1 fully saturated rings. The first-order valence-electron chi connectivity index (χ1n) is 11.3. The van der Waals surface area contributed by atoms with Gasteiger partial charge in [-0.25, -0.2) is 4.98 Å². The highest BCUT2D eigenvalue weighted by molar-refractivity contribution is 5.99. The Morgan fingerprint density at radius 1 is 1.06 bits per heavy atom. The molecule has 1 amide bonds. The topological polar surface area (TPSA) is 106 Å². The summed E-state index contributed by atoms with van der Waals surface area (Å²) >= 11 is 0. The Labute approximate surface area is 205 Å². The third kappa shape index (κ3) is 5.83. The lowest BCUT2D eigenvalue weighted by Gasteiger charge is -2.25. The quantitative estimate of drug-likeness (QED) is 0.388. The molecule has 0 aliphatic carbocycles. The number of hydrogen-bond donors (Lipinski definition) is 3. The maximum atomic E-state index is 13.2. The summed E-state index contributed by atoms with van der Waals surface area (Å²) in [7, 11) is 0. The van der Waals surface area contributed by atoms with E-state index in [1.165, 1.54) is 30.5 Å². The molecule has 1 aliphatic heterocycles. The number of carbonyl (C=O) groups excluding carboxylic acids is 2. The maximum absolute atomic E-state index is 13.2. The lowest BCUT2D eigenvalue weighted by molar-refractivity contribution is -0.137. The summed E-state index contributed by atoms with van der Waals surface area (Å²) in [6, 6.07) is 15.1. The van der Waals surface area contributed by atoms with Crippen molar-refractivity contribution < 1.29 is 27.5 Å². The van der Waals surface area contributed by atoms with Crippen LogP contribution in [0.15, 0.2) is 66.9 Å². The number of nitrogens with one attached hydrogen (secondary N) is 2. The van der Waals surface area contributed by atoms with Gasteiger partial charge in [-0.15, -0.1) is 0 Å². The molecule has 2 aromatic carbocycles. The Kier molecular flexibility index (Phi) is 7.25. The number of ketones is 1. The number of alkyl halides is 3. The summed E-state index contributed by atoms with van der Waals surface area (Å²) in [6.45, 7) is 0.701. The number of hydrogen-bond acceptors (Lipinski definition) is 6. The van der Waals surface area contributed by atoms with Gasteiger partial charge < -0.3 is 21.1 Å². The standard InChI is InChI=1S/C26H25F3N4O3/c27-26(28,29)20-3-1-2-4-21(20)33-19-8-5-17(6-9-19)14-32-24(35)25(11-12-36-16-25)13-22(34)18-7-10-23(30)31-15-18/h1-10,15,33H,11-14,16H2,(H2,30,31)(H,32,35)/t25-/m0/s1. The number of rotatable bonds is 8. The fraction of sp³-hybridized carbons (Fsp3) is 0.269. The fourth-order valence-electron chi connectivity index (χ4n) is 4.06. The summed E-state index contributed by atoms with van der Waals surface area (Å²) in [4.78, 5) is 29.8. The number of ether oxygens (including phenoxy) is 1. The second kappa shape index (κ2) is 10.4. The maximum Gasteiger partial charge on any atom is 0.418 e. The van der Waals surface area contributed by atoms with Gasteiger partial charge in [-0.3, -0.25) is 9.59 Å². The Balaban J connectivity index is 1.38. The monoisotopic (exact) mass is 498 g/mol. The molecule has 0 spiro atoms. The van der Waals surface area contributed by atoms with Crippen LogP contribution < -0.4 is 16.4 Å². The van der Waals surface area contributed by atoms with Gasteiger partial charge in [-0.05, 0) is 48.4 Å². The van der Waals surface area contributed by atoms with E-state index in [1.54, 1.807) is 30.3 Å². The number of para-hydroxylation sites is 1. The third-order valence-electron chi connectivity index (χ3n) is 6.11. The molecule has 1 atom stereocenters. The first-order chi connectivity index (χ1) is 17.2. The average Bonchev–Trinajstić information content (AvgIpc) is 3.33. The van der Waals surface area contributed by atoms with Gasteiger partial charge in [0, 0.05) is 37.0 Å². The van der Waals surface area contributed by atoms with Gasteiger partial charge in [0.25, 0.3) is 0 Å². The zero-order valence-electron chi connectivity index (χ0n) is 19.3. The van der Waals surface area contributed by atoms with Crippen LogP contribution in [-0.2, 0) is 22.3 Å². The van der Waals surface area contributed by atoms with Crippen LogP contribution in [0.4, 0.5) is 30.4 Å². The number of nitrogens with two attached hydrogens (primary N) is 1. The van der Waals surface area contributed by atoms with E-state index >= 15 is 0 Å². The average molecular weight is 499 g/mol. The van der Waals surface area contributed by atoms with E-state index in [2.05, 4.69) is 15.6 Å². The van der Waals surface area contributed by atoms with Crippen molar-refractivity contribution in [2.45, 2.75) is 25.6 Å². The van der Waals surface area contributed by atoms with E-state index in [4.69, 9.17) is 10.5 Å². The number of nitrogens with zero attached hydrogens (tertiary/aromatic N) is 1. The molecule has 7 nitrogen and oxygen atoms in total. The van der Waals surface area contributed by atoms with E-state index in [1.807, 2.05) is 0 Å². The number of amides is 1. The van der Waals surface area contributed by atoms with Gasteiger partial charge in [0.1, 0.15) is 5.82 Å². The Bertz CT molecular complexity index is 1220. The zero-order chi connectivity index (χ0) is 25.8. The van der Waals surface area contributed by atoms with Gasteiger partial charge >= 0.3 is 6.18 Å². The van der Waals surface area contributed by atoms with Crippen molar-refractivity contribution in [2.24, 2.45) is 5.41 Å². The van der Waals surface area contributed by atoms with Crippen LogP contribution in [0.2, 0.25) is 0 Å². The molecule has 1 aliphatic rings. The number of benzene rings is 2. The molecule has 188 valence electrons. The molecule has 1 saturated heterocycles. The van der Waals surface area contributed by atoms with Crippen molar-refractivity contribution in [3.05, 3.63) is 83.6 Å². The molecule has 2 heterocycles. The largest absolute Gasteiger partial charge is 0.418 e. The van der Waals surface area contributed by atoms with Crippen molar-refractivity contribution >= 4 is 28.9 Å². The van der Waals surface area contributed by atoms with E-state index in [0.29, 0.717) is 30.1 Å². The van der Waals surface area contributed by atoms with Crippen molar-refractivity contribution in [1.82, 2.24) is 10.3 Å². The summed E-state index contributed by atoms with van der Waals surface area (Å²) in [6.07, 6.45) is -2.69. The van der Waals surface area contributed by atoms with Crippen LogP contribution >= 0.6 is 0 Å². The summed E-state index contributed by atoms with van der Waals surface area (Å²) in [5.74, 6) is -0.218. The Morgan fingerprint density at radius 3 is 2.44 bits per heavy atom. The minimum Gasteiger partial charge on any atom is -0.384 e. The SMILES string of the molecule is Nc1ccc(C(=O)C[C@@]2(C(=O)NCc3ccc(Nc4ccccc4C(F)(F)F)cc3)CCOC2)cn1. The van der Waals surface area contributed by atoms with Gasteiger partial charge in [0.05, 0.1) is 23.3 Å². The second-order valence-electron chi connectivity index (χ2n) is 8.70. The van der Waals surface area contributed by atoms with E-state index in [-0.39, 0.29) is 37.0 Å². The minimum atomic E-state index is -4.47. The van der Waals surface area contributed by atoms with Crippen molar-refractivity contribution in [2.75, 3.05) is 24.3 Å². The number of pyridine rings is 1. The van der Waals surface area contributed by atoms with Gasteiger partial charge in [-0.2, -0.15) is 13.2 Å². The summed E-state index contributed by atoms with van der Waals surface area (Å²) < 4.78 is 45.1. The zero-order valence-corrected chi connectivity index (χ0v) is 19.3. The van der Waals surface area contributed by atoms with Crippen LogP contribution in [-0.4, -0.2) is 29.9 Å². The third-order valence-corrected chi connectivity index (χ3v) is 6.11. The van der Waals surface area contributed by atoms with E-state index < -0.39 is 17.2 Å². The number of anilines is 3. The first-order valence-corrected chi connectivity index (χ1v) is 11.3. The van der Waals surface area contributed by atoms with Crippen LogP contribution in [0, 0.1) is 5.41 Å². The highest BCUT2D eigenvalue weighted by Crippen LogP contribution is 2.36. The number of nitrogen functional groups attached to an aromatic ring is 1. The van der Waals surface area contributed by atoms with Crippen molar-refractivity contribution in [1.29, 1.82) is 0 Å². The molecule has 10 heteroatoms. The molecule has 36 heavy (non-hydrogen) atoms. The predicted molar refractivity (Wildman–Crippen MR) is 128 cm³/mol. The number of aromatic nitrogens is 1. The van der Waals surface area contributed by atoms with Crippen LogP contribution in [0.25, 0.3) is 0 Å². The van der Waals surface area contributed by atoms with Crippen LogP contribution in [0.1, 0.15) is 34.3 Å². The molecule has 0 radical (unpaired) electrons. The highest BCUT2D eigenvalue weighted by atomic mass is 19.4. The number of halogens is 3. The van der Waals surface area contributed by atoms with Gasteiger partial charge in [0.15, 0.2) is 5.78 Å². The van der Waals surface area contributed by atoms with E-state index in [9.17, 15) is 22.8 Å². The fourth-order valence-corrected chi connectivity index (χ4v) is 4.06. The normalized spacial score (nSPS) is 17.5. The second-order valence-corrected chi connectivity index (χ2v) is 8.70. The smallest absolute Gasteiger partial charge is 0.384 e. The lowest BCUT2D eigenvalue weighted by Crippen LogP contribution is -2.42. The molecule has 0 saturated carbocycles. The molecule has 0 unspecified atom stereocenters. The number of Topliss-reactive ketones (excluding diaryl/α,β-unsaturated/α-hetero) is 1. The molecule has 3 aromatic rings. The van der Waals surface area contributed by atoms with Crippen LogP contribution in [0.5, 0.6) is 0 Å². The molecule has 4 N–H and O–H groups in total. The van der Waals surface area contributed by atoms with Gasteiger partial charge in [0.2, 0.25) is 5.91 Å². The number of carbonyl (C=O) groups is 2. The molecular formula is C26H25F3N4O3. The van der Waals surface area contributed by atoms with Crippen molar-refractivity contribution in [3.63, 3.8) is 0 Å². The minimum absolute atomic E-state index is 0.0219. The molecular weight excluding hydrogens is 473 g/mol. The Morgan fingerprint density at radius 2 is 1.81 bits per heavy atom. The first kappa shape index (κ1) is 25.2. The molecule has 0 bridgehead atoms. The lowest BCUT2D eigenvalue weighted by atomic mass is 9.80. The highest BCUT2D eigenvalue weighted by Gasteiger charge is 2.44. The predicted octanol–water partition coefficient (Wildman–Crippen LogP) is 4.72. The van der Waals surface area contributed by atoms with E-state index in [0.717, 1.165) is 11.6 Å². The van der Waals surface area contributed by atoms with Gasteiger partial charge in [-0.1, -0.05) is 24.3 Å². The Hall–Kier alpha value is -3.92. The summed E-state index contributed by atoms with van der Waals surface area (Å²) in [5, 5.41) is 5.66. The molecule has 1 aromatic heterocycles. The van der Waals surface area contributed by atoms with Crippen molar-refractivity contribution in [3.8, 4) is 0 Å².